The SMILES string of the molecule is CC1C(OC(=O)CCCCCCCCC(=O)O)CC(C)(C)N(C)C1(C)C.CN1C(C)(C)CC(C(C)(CCCCCCCC(=O)O)C(=O)O)CC1(C)C. The number of nitrogens with zero attached hydrogens (tertiary/aromatic N) is 2. The van der Waals surface area contributed by atoms with Gasteiger partial charge >= 0.3 is 23.9 Å². The molecule has 0 spiro atoms. The molecule has 0 aromatic heterocycles. The van der Waals surface area contributed by atoms with E-state index in [4.69, 9.17) is 14.9 Å². The number of esters is 1. The maximum absolute atomic E-state index is 12.3. The zero-order valence-corrected chi connectivity index (χ0v) is 35.2. The van der Waals surface area contributed by atoms with E-state index in [1.54, 1.807) is 0 Å². The largest absolute Gasteiger partial charge is 0.481 e. The molecule has 0 aliphatic carbocycles. The molecule has 2 rings (SSSR count). The highest BCUT2D eigenvalue weighted by Gasteiger charge is 2.52. The van der Waals surface area contributed by atoms with Gasteiger partial charge in [0.2, 0.25) is 0 Å². The first-order valence-corrected chi connectivity index (χ1v) is 20.2. The van der Waals surface area contributed by atoms with Crippen LogP contribution in [0.5, 0.6) is 0 Å². The molecule has 2 aliphatic rings. The molecule has 3 unspecified atom stereocenters. The van der Waals surface area contributed by atoms with Crippen LogP contribution in [0.25, 0.3) is 0 Å². The fourth-order valence-electron chi connectivity index (χ4n) is 8.58. The van der Waals surface area contributed by atoms with E-state index in [0.717, 1.165) is 83.5 Å². The number of likely N-dealkylation sites (tertiary alicyclic amines) is 2. The van der Waals surface area contributed by atoms with Crippen LogP contribution in [0, 0.1) is 17.3 Å². The van der Waals surface area contributed by atoms with Crippen molar-refractivity contribution in [2.75, 3.05) is 14.1 Å². The van der Waals surface area contributed by atoms with Gasteiger partial charge in [0.25, 0.3) is 0 Å². The summed E-state index contributed by atoms with van der Waals surface area (Å²) in [7, 11) is 4.30. The average molecular weight is 739 g/mol. The maximum Gasteiger partial charge on any atom is 0.309 e. The summed E-state index contributed by atoms with van der Waals surface area (Å²) in [5, 5.41) is 27.3. The van der Waals surface area contributed by atoms with Crippen molar-refractivity contribution in [3.8, 4) is 0 Å². The van der Waals surface area contributed by atoms with Gasteiger partial charge in [-0.15, -0.1) is 0 Å². The summed E-state index contributed by atoms with van der Waals surface area (Å²) in [6.07, 6.45) is 14.4. The van der Waals surface area contributed by atoms with Crippen molar-refractivity contribution in [3.63, 3.8) is 0 Å². The van der Waals surface area contributed by atoms with Gasteiger partial charge in [0, 0.05) is 53.8 Å². The fraction of sp³-hybridized carbons (Fsp3) is 0.905. The van der Waals surface area contributed by atoms with E-state index in [-0.39, 0.29) is 53.0 Å². The Balaban J connectivity index is 0.000000520. The fourth-order valence-corrected chi connectivity index (χ4v) is 8.58. The Morgan fingerprint density at radius 1 is 0.615 bits per heavy atom. The highest BCUT2D eigenvalue weighted by atomic mass is 16.5. The summed E-state index contributed by atoms with van der Waals surface area (Å²) in [5.41, 5.74) is -0.726. The second kappa shape index (κ2) is 20.5. The monoisotopic (exact) mass is 739 g/mol. The number of carboxylic acid groups (broad SMARTS) is 3. The quantitative estimate of drug-likeness (QED) is 0.0816. The summed E-state index contributed by atoms with van der Waals surface area (Å²) in [4.78, 5) is 50.2. The van der Waals surface area contributed by atoms with Crippen molar-refractivity contribution in [2.24, 2.45) is 17.3 Å². The lowest BCUT2D eigenvalue weighted by Crippen LogP contribution is -2.64. The van der Waals surface area contributed by atoms with Gasteiger partial charge in [-0.25, -0.2) is 0 Å². The average Bonchev–Trinajstić information content (AvgIpc) is 3.02. The minimum atomic E-state index is -0.740. The predicted molar refractivity (Wildman–Crippen MR) is 208 cm³/mol. The van der Waals surface area contributed by atoms with Crippen LogP contribution in [0.2, 0.25) is 0 Å². The number of ether oxygens (including phenoxy) is 1. The number of carbonyl (C=O) groups excluding carboxylic acids is 1. The number of hydrogen-bond donors (Lipinski definition) is 3. The van der Waals surface area contributed by atoms with Crippen molar-refractivity contribution in [3.05, 3.63) is 0 Å². The highest BCUT2D eigenvalue weighted by molar-refractivity contribution is 5.74. The summed E-state index contributed by atoms with van der Waals surface area (Å²) in [5.74, 6) is -1.77. The maximum atomic E-state index is 12.3. The van der Waals surface area contributed by atoms with Crippen LogP contribution in [-0.4, -0.2) is 91.4 Å². The number of hydrogen-bond acceptors (Lipinski definition) is 7. The van der Waals surface area contributed by atoms with Crippen LogP contribution < -0.4 is 0 Å². The molecule has 2 heterocycles. The Kier molecular flexibility index (Phi) is 18.8. The van der Waals surface area contributed by atoms with E-state index in [1.807, 2.05) is 6.92 Å². The molecule has 2 fully saturated rings. The minimum Gasteiger partial charge on any atom is -0.481 e. The van der Waals surface area contributed by atoms with Crippen LogP contribution in [0.1, 0.15) is 185 Å². The molecule has 3 N–H and O–H groups in total. The number of carboxylic acids is 3. The van der Waals surface area contributed by atoms with Gasteiger partial charge in [0.05, 0.1) is 5.41 Å². The normalized spacial score (nSPS) is 23.8. The molecular formula is C42H78N2O8. The molecular weight excluding hydrogens is 660 g/mol. The summed E-state index contributed by atoms with van der Waals surface area (Å²) in [6, 6.07) is 0. The summed E-state index contributed by atoms with van der Waals surface area (Å²) < 4.78 is 5.86. The molecule has 0 aromatic rings. The van der Waals surface area contributed by atoms with E-state index >= 15 is 0 Å². The third-order valence-electron chi connectivity index (χ3n) is 13.2. The van der Waals surface area contributed by atoms with Gasteiger partial charge < -0.3 is 20.1 Å². The Bertz CT molecular complexity index is 1130. The molecule has 10 nitrogen and oxygen atoms in total. The predicted octanol–water partition coefficient (Wildman–Crippen LogP) is 9.42. The Morgan fingerprint density at radius 3 is 1.42 bits per heavy atom. The second-order valence-electron chi connectivity index (χ2n) is 18.7. The Hall–Kier alpha value is -2.20. The lowest BCUT2D eigenvalue weighted by atomic mass is 9.62. The molecule has 0 aromatic carbocycles. The number of carbonyl (C=O) groups is 4. The minimum absolute atomic E-state index is 0.0108. The Labute approximate surface area is 316 Å². The lowest BCUT2D eigenvalue weighted by molar-refractivity contribution is -0.168. The van der Waals surface area contributed by atoms with Gasteiger partial charge in [-0.05, 0) is 121 Å². The van der Waals surface area contributed by atoms with Gasteiger partial charge in [-0.3, -0.25) is 29.0 Å². The first kappa shape index (κ1) is 47.8. The molecule has 52 heavy (non-hydrogen) atoms. The molecule has 304 valence electrons. The molecule has 2 aliphatic heterocycles. The topological polar surface area (TPSA) is 145 Å². The zero-order chi connectivity index (χ0) is 40.1. The van der Waals surface area contributed by atoms with E-state index in [2.05, 4.69) is 86.2 Å². The molecule has 0 bridgehead atoms. The number of piperidine rings is 2. The second-order valence-corrected chi connectivity index (χ2v) is 18.7. The van der Waals surface area contributed by atoms with Crippen LogP contribution in [-0.2, 0) is 23.9 Å². The first-order valence-electron chi connectivity index (χ1n) is 20.2. The number of rotatable bonds is 20. The van der Waals surface area contributed by atoms with Crippen molar-refractivity contribution in [1.82, 2.24) is 9.80 Å². The van der Waals surface area contributed by atoms with E-state index in [0.29, 0.717) is 25.2 Å². The summed E-state index contributed by atoms with van der Waals surface area (Å²) >= 11 is 0. The van der Waals surface area contributed by atoms with E-state index in [9.17, 15) is 24.3 Å². The van der Waals surface area contributed by atoms with Crippen LogP contribution in [0.3, 0.4) is 0 Å². The van der Waals surface area contributed by atoms with Crippen molar-refractivity contribution in [1.29, 1.82) is 0 Å². The standard InChI is InChI=1S/2C21H39NO4/c1-19(2)14-16(15-20(3,4)22(19)6)21(5,18(25)26)13-11-9-7-8-10-12-17(23)24;1-16-17(15-20(2,3)22(6)21(16,4)5)26-19(25)14-12-10-8-7-9-11-13-18(23)24/h16H,7-15H2,1-6H3,(H,23,24)(H,25,26);16-17H,7-15H2,1-6H3,(H,23,24). The van der Waals surface area contributed by atoms with Crippen LogP contribution >= 0.6 is 0 Å². The lowest BCUT2D eigenvalue weighted by Gasteiger charge is -2.56. The van der Waals surface area contributed by atoms with Gasteiger partial charge in [0.15, 0.2) is 0 Å². The molecule has 0 amide bonds. The molecule has 0 saturated carbocycles. The molecule has 10 heteroatoms. The van der Waals surface area contributed by atoms with E-state index in [1.165, 1.54) is 0 Å². The zero-order valence-electron chi connectivity index (χ0n) is 35.2. The third kappa shape index (κ3) is 14.6. The molecule has 0 radical (unpaired) electrons. The van der Waals surface area contributed by atoms with Crippen LogP contribution in [0.15, 0.2) is 0 Å². The highest BCUT2D eigenvalue weighted by Crippen LogP contribution is 2.49. The Morgan fingerprint density at radius 2 is 1.00 bits per heavy atom. The van der Waals surface area contributed by atoms with Gasteiger partial charge in [-0.2, -0.15) is 0 Å². The first-order chi connectivity index (χ1) is 23.8. The number of aliphatic carboxylic acids is 3. The van der Waals surface area contributed by atoms with Crippen molar-refractivity contribution >= 4 is 23.9 Å². The van der Waals surface area contributed by atoms with Crippen molar-refractivity contribution in [2.45, 2.75) is 213 Å². The smallest absolute Gasteiger partial charge is 0.309 e. The summed E-state index contributed by atoms with van der Waals surface area (Å²) in [6.45, 7) is 21.8. The van der Waals surface area contributed by atoms with Gasteiger partial charge in [0.1, 0.15) is 6.10 Å². The molecule has 2 saturated heterocycles. The van der Waals surface area contributed by atoms with Crippen molar-refractivity contribution < 1.29 is 39.2 Å². The van der Waals surface area contributed by atoms with Crippen LogP contribution in [0.4, 0.5) is 0 Å². The third-order valence-corrected chi connectivity index (χ3v) is 13.2. The van der Waals surface area contributed by atoms with E-state index < -0.39 is 23.3 Å². The molecule has 3 atom stereocenters. The number of unbranched alkanes of at least 4 members (excludes halogenated alkanes) is 9. The van der Waals surface area contributed by atoms with Gasteiger partial charge in [-0.1, -0.05) is 58.3 Å².